The summed E-state index contributed by atoms with van der Waals surface area (Å²) in [6.07, 6.45) is 0.943. The average Bonchev–Trinajstić information content (AvgIpc) is 2.15. The van der Waals surface area contributed by atoms with E-state index < -0.39 is 0 Å². The molecule has 0 aliphatic rings. The fourth-order valence-corrected chi connectivity index (χ4v) is 1.93. The predicted octanol–water partition coefficient (Wildman–Crippen LogP) is 2.62. The fourth-order valence-electron chi connectivity index (χ4n) is 0.778. The van der Waals surface area contributed by atoms with E-state index in [1.54, 1.807) is 11.3 Å². The van der Waals surface area contributed by atoms with E-state index in [1.807, 2.05) is 19.4 Å². The first-order chi connectivity index (χ1) is 4.70. The minimum absolute atomic E-state index is 0.221. The molecule has 0 aliphatic heterocycles. The second-order valence-electron chi connectivity index (χ2n) is 2.35. The van der Waals surface area contributed by atoms with Crippen LogP contribution in [0.1, 0.15) is 17.5 Å². The van der Waals surface area contributed by atoms with Gasteiger partial charge in [-0.15, -0.1) is 22.9 Å². The first-order valence-electron chi connectivity index (χ1n) is 3.23. The molecule has 1 rings (SSSR count). The molecular weight excluding hydrogens is 166 g/mol. The maximum atomic E-state index is 5.82. The van der Waals surface area contributed by atoms with Crippen molar-refractivity contribution in [3.05, 3.63) is 16.1 Å². The number of halogens is 1. The predicted molar refractivity (Wildman–Crippen MR) is 45.9 cm³/mol. The SMILES string of the molecule is Cc1ncsc1C[C@@H](C)Cl. The molecule has 0 fully saturated rings. The second kappa shape index (κ2) is 3.35. The summed E-state index contributed by atoms with van der Waals surface area (Å²) >= 11 is 7.50. The van der Waals surface area contributed by atoms with E-state index in [4.69, 9.17) is 11.6 Å². The quantitative estimate of drug-likeness (QED) is 0.630. The summed E-state index contributed by atoms with van der Waals surface area (Å²) in [5.74, 6) is 0. The van der Waals surface area contributed by atoms with E-state index in [2.05, 4.69) is 4.98 Å². The summed E-state index contributed by atoms with van der Waals surface area (Å²) in [6, 6.07) is 0. The van der Waals surface area contributed by atoms with Crippen LogP contribution in [0.2, 0.25) is 0 Å². The third-order valence-corrected chi connectivity index (χ3v) is 2.42. The molecule has 0 saturated heterocycles. The highest BCUT2D eigenvalue weighted by molar-refractivity contribution is 7.09. The van der Waals surface area contributed by atoms with Gasteiger partial charge in [0.2, 0.25) is 0 Å². The van der Waals surface area contributed by atoms with E-state index in [1.165, 1.54) is 4.88 Å². The van der Waals surface area contributed by atoms with Crippen molar-refractivity contribution in [2.24, 2.45) is 0 Å². The molecule has 0 amide bonds. The molecule has 56 valence electrons. The number of rotatable bonds is 2. The Morgan fingerprint density at radius 3 is 2.90 bits per heavy atom. The molecule has 1 aromatic rings. The Kier molecular flexibility index (Phi) is 2.69. The van der Waals surface area contributed by atoms with Crippen LogP contribution in [-0.4, -0.2) is 10.4 Å². The van der Waals surface area contributed by atoms with E-state index >= 15 is 0 Å². The van der Waals surface area contributed by atoms with Crippen LogP contribution in [-0.2, 0) is 6.42 Å². The average molecular weight is 176 g/mol. The number of nitrogens with zero attached hydrogens (tertiary/aromatic N) is 1. The third-order valence-electron chi connectivity index (χ3n) is 1.31. The van der Waals surface area contributed by atoms with Crippen molar-refractivity contribution >= 4 is 22.9 Å². The van der Waals surface area contributed by atoms with Crippen LogP contribution in [0.15, 0.2) is 5.51 Å². The van der Waals surface area contributed by atoms with E-state index in [9.17, 15) is 0 Å². The van der Waals surface area contributed by atoms with Crippen LogP contribution in [0.25, 0.3) is 0 Å². The number of hydrogen-bond donors (Lipinski definition) is 0. The highest BCUT2D eigenvalue weighted by Gasteiger charge is 2.03. The minimum atomic E-state index is 0.221. The number of hydrogen-bond acceptors (Lipinski definition) is 2. The topological polar surface area (TPSA) is 12.9 Å². The molecule has 1 nitrogen and oxygen atoms in total. The molecule has 1 aromatic heterocycles. The molecule has 3 heteroatoms. The smallest absolute Gasteiger partial charge is 0.0797 e. The van der Waals surface area contributed by atoms with Gasteiger partial charge < -0.3 is 0 Å². The van der Waals surface area contributed by atoms with Crippen LogP contribution in [0.5, 0.6) is 0 Å². The molecular formula is C7H10ClNS. The minimum Gasteiger partial charge on any atom is -0.250 e. The van der Waals surface area contributed by atoms with Crippen LogP contribution in [0, 0.1) is 6.92 Å². The normalized spacial score (nSPS) is 13.5. The Labute approximate surface area is 70.1 Å². The van der Waals surface area contributed by atoms with Gasteiger partial charge in [0, 0.05) is 10.3 Å². The van der Waals surface area contributed by atoms with Gasteiger partial charge in [0.25, 0.3) is 0 Å². The van der Waals surface area contributed by atoms with Gasteiger partial charge in [-0.3, -0.25) is 0 Å². The van der Waals surface area contributed by atoms with Gasteiger partial charge in [-0.2, -0.15) is 0 Å². The zero-order valence-corrected chi connectivity index (χ0v) is 7.67. The lowest BCUT2D eigenvalue weighted by molar-refractivity contribution is 0.934. The highest BCUT2D eigenvalue weighted by Crippen LogP contribution is 2.16. The van der Waals surface area contributed by atoms with Crippen molar-refractivity contribution < 1.29 is 0 Å². The summed E-state index contributed by atoms with van der Waals surface area (Å²) in [6.45, 7) is 4.02. The van der Waals surface area contributed by atoms with Crippen LogP contribution < -0.4 is 0 Å². The lowest BCUT2D eigenvalue weighted by Crippen LogP contribution is -1.95. The van der Waals surface area contributed by atoms with Crippen molar-refractivity contribution in [1.82, 2.24) is 4.98 Å². The number of aromatic nitrogens is 1. The maximum absolute atomic E-state index is 5.82. The van der Waals surface area contributed by atoms with Crippen LogP contribution in [0.4, 0.5) is 0 Å². The summed E-state index contributed by atoms with van der Waals surface area (Å²) in [5.41, 5.74) is 2.99. The summed E-state index contributed by atoms with van der Waals surface area (Å²) in [4.78, 5) is 5.44. The Hall–Kier alpha value is -0.0800. The molecule has 1 heterocycles. The number of alkyl halides is 1. The molecule has 0 unspecified atom stereocenters. The van der Waals surface area contributed by atoms with E-state index in [-0.39, 0.29) is 5.38 Å². The molecule has 10 heavy (non-hydrogen) atoms. The molecule has 1 atom stereocenters. The standard InChI is InChI=1S/C7H10ClNS/c1-5(8)3-7-6(2)9-4-10-7/h4-5H,3H2,1-2H3/t5-/m1/s1. The number of thiazole rings is 1. The highest BCUT2D eigenvalue weighted by atomic mass is 35.5. The van der Waals surface area contributed by atoms with Gasteiger partial charge in [-0.05, 0) is 20.3 Å². The van der Waals surface area contributed by atoms with Crippen molar-refractivity contribution in [2.45, 2.75) is 25.6 Å². The zero-order valence-electron chi connectivity index (χ0n) is 6.10. The van der Waals surface area contributed by atoms with E-state index in [0.717, 1.165) is 12.1 Å². The van der Waals surface area contributed by atoms with Crippen molar-refractivity contribution in [1.29, 1.82) is 0 Å². The molecule has 0 spiro atoms. The van der Waals surface area contributed by atoms with Crippen LogP contribution in [0.3, 0.4) is 0 Å². The van der Waals surface area contributed by atoms with Gasteiger partial charge in [0.15, 0.2) is 0 Å². The lowest BCUT2D eigenvalue weighted by atomic mass is 10.2. The molecule has 0 aromatic carbocycles. The Balaban J connectivity index is 2.65. The Morgan fingerprint density at radius 2 is 2.50 bits per heavy atom. The largest absolute Gasteiger partial charge is 0.250 e. The van der Waals surface area contributed by atoms with Gasteiger partial charge in [-0.1, -0.05) is 0 Å². The number of aryl methyl sites for hydroxylation is 1. The van der Waals surface area contributed by atoms with Crippen LogP contribution >= 0.6 is 22.9 Å². The van der Waals surface area contributed by atoms with E-state index in [0.29, 0.717) is 0 Å². The molecule has 0 aliphatic carbocycles. The summed E-state index contributed by atoms with van der Waals surface area (Å²) < 4.78 is 0. The van der Waals surface area contributed by atoms with Gasteiger partial charge >= 0.3 is 0 Å². The monoisotopic (exact) mass is 175 g/mol. The summed E-state index contributed by atoms with van der Waals surface area (Å²) in [5, 5.41) is 0.221. The Bertz CT molecular complexity index is 207. The van der Waals surface area contributed by atoms with Gasteiger partial charge in [0.05, 0.1) is 11.2 Å². The Morgan fingerprint density at radius 1 is 1.80 bits per heavy atom. The lowest BCUT2D eigenvalue weighted by Gasteiger charge is -1.98. The zero-order chi connectivity index (χ0) is 7.56. The molecule has 0 saturated carbocycles. The fraction of sp³-hybridized carbons (Fsp3) is 0.571. The molecule has 0 N–H and O–H groups in total. The van der Waals surface area contributed by atoms with Gasteiger partial charge in [-0.25, -0.2) is 4.98 Å². The second-order valence-corrected chi connectivity index (χ2v) is 4.03. The van der Waals surface area contributed by atoms with Gasteiger partial charge in [0.1, 0.15) is 0 Å². The van der Waals surface area contributed by atoms with Crippen molar-refractivity contribution in [2.75, 3.05) is 0 Å². The first-order valence-corrected chi connectivity index (χ1v) is 4.55. The third kappa shape index (κ3) is 1.96. The molecule has 0 radical (unpaired) electrons. The maximum Gasteiger partial charge on any atom is 0.0797 e. The van der Waals surface area contributed by atoms with Crippen molar-refractivity contribution in [3.63, 3.8) is 0 Å². The first kappa shape index (κ1) is 8.02. The van der Waals surface area contributed by atoms with Crippen molar-refractivity contribution in [3.8, 4) is 0 Å². The molecule has 0 bridgehead atoms. The summed E-state index contributed by atoms with van der Waals surface area (Å²) in [7, 11) is 0.